The topological polar surface area (TPSA) is 40.2 Å². The maximum absolute atomic E-state index is 4.97. The second kappa shape index (κ2) is 8.36. The van der Waals surface area contributed by atoms with Crippen molar-refractivity contribution < 1.29 is 0 Å². The van der Waals surface area contributed by atoms with Crippen LogP contribution in [0.5, 0.6) is 0 Å². The number of rotatable bonds is 5. The van der Waals surface area contributed by atoms with Crippen LogP contribution in [0.25, 0.3) is 0 Å². The molecule has 0 saturated heterocycles. The van der Waals surface area contributed by atoms with E-state index in [1.54, 1.807) is 0 Å². The Balaban J connectivity index is 1.79. The molecule has 1 aliphatic heterocycles. The zero-order valence-corrected chi connectivity index (χ0v) is 15.2. The first-order valence-corrected chi connectivity index (χ1v) is 9.75. The van der Waals surface area contributed by atoms with Gasteiger partial charge in [0, 0.05) is 18.4 Å². The van der Waals surface area contributed by atoms with Crippen LogP contribution >= 0.6 is 0 Å². The number of aromatic nitrogens is 1. The summed E-state index contributed by atoms with van der Waals surface area (Å²) in [5, 5.41) is 3.69. The molecule has 1 fully saturated rings. The van der Waals surface area contributed by atoms with Gasteiger partial charge in [-0.15, -0.1) is 0 Å². The van der Waals surface area contributed by atoms with Crippen molar-refractivity contribution >= 4 is 5.71 Å². The Kier molecular flexibility index (Phi) is 5.95. The Morgan fingerprint density at radius 2 is 1.79 bits per heavy atom. The van der Waals surface area contributed by atoms with Crippen molar-refractivity contribution in [3.8, 4) is 0 Å². The summed E-state index contributed by atoms with van der Waals surface area (Å²) in [5.41, 5.74) is 6.20. The first-order chi connectivity index (χ1) is 11.8. The Labute approximate surface area is 146 Å². The lowest BCUT2D eigenvalue weighted by molar-refractivity contribution is 0.419. The van der Waals surface area contributed by atoms with Gasteiger partial charge in [0.2, 0.25) is 0 Å². The Morgan fingerprint density at radius 1 is 1.08 bits per heavy atom. The first kappa shape index (κ1) is 17.1. The molecule has 0 unspecified atom stereocenters. The summed E-state index contributed by atoms with van der Waals surface area (Å²) in [4.78, 5) is 8.29. The summed E-state index contributed by atoms with van der Waals surface area (Å²) < 4.78 is 0. The smallest absolute Gasteiger partial charge is 0.0907 e. The lowest BCUT2D eigenvalue weighted by Crippen LogP contribution is -2.25. The monoisotopic (exact) mass is 325 g/mol. The molecule has 0 amide bonds. The van der Waals surface area contributed by atoms with Gasteiger partial charge in [0.15, 0.2) is 0 Å². The average Bonchev–Trinajstić information content (AvgIpc) is 3.20. The lowest BCUT2D eigenvalue weighted by Gasteiger charge is -2.20. The molecule has 130 valence electrons. The maximum Gasteiger partial charge on any atom is 0.0907 e. The van der Waals surface area contributed by atoms with Gasteiger partial charge >= 0.3 is 0 Å². The lowest BCUT2D eigenvalue weighted by atomic mass is 9.96. The molecule has 1 aliphatic carbocycles. The quantitative estimate of drug-likeness (QED) is 0.739. The second-order valence-electron chi connectivity index (χ2n) is 6.95. The van der Waals surface area contributed by atoms with Gasteiger partial charge in [-0.25, -0.2) is 4.99 Å². The predicted molar refractivity (Wildman–Crippen MR) is 102 cm³/mol. The summed E-state index contributed by atoms with van der Waals surface area (Å²) in [6, 6.07) is 4.78. The Bertz CT molecular complexity index is 612. The van der Waals surface area contributed by atoms with Gasteiger partial charge in [-0.05, 0) is 49.0 Å². The number of aromatic amines is 1. The molecule has 1 aromatic rings. The summed E-state index contributed by atoms with van der Waals surface area (Å²) in [7, 11) is 0. The molecule has 2 N–H and O–H groups in total. The molecule has 1 saturated carbocycles. The van der Waals surface area contributed by atoms with E-state index >= 15 is 0 Å². The number of aliphatic imine (C=N–C) groups is 1. The molecule has 3 heteroatoms. The van der Waals surface area contributed by atoms with E-state index in [1.165, 1.54) is 56.1 Å². The van der Waals surface area contributed by atoms with Gasteiger partial charge in [-0.2, -0.15) is 0 Å². The van der Waals surface area contributed by atoms with E-state index in [-0.39, 0.29) is 0 Å². The maximum atomic E-state index is 4.97. The van der Waals surface area contributed by atoms with Crippen LogP contribution in [0, 0.1) is 0 Å². The number of allylic oxidation sites excluding steroid dienone is 2. The fraction of sp³-hybridized carbons (Fsp3) is 0.571. The van der Waals surface area contributed by atoms with Crippen LogP contribution in [-0.4, -0.2) is 16.7 Å². The van der Waals surface area contributed by atoms with Crippen molar-refractivity contribution in [1.82, 2.24) is 10.3 Å². The van der Waals surface area contributed by atoms with E-state index in [2.05, 4.69) is 36.4 Å². The summed E-state index contributed by atoms with van der Waals surface area (Å²) >= 11 is 0. The fourth-order valence-corrected chi connectivity index (χ4v) is 3.97. The Hall–Kier alpha value is -1.77. The third kappa shape index (κ3) is 3.82. The highest BCUT2D eigenvalue weighted by atomic mass is 14.9. The third-order valence-electron chi connectivity index (χ3n) is 5.31. The van der Waals surface area contributed by atoms with Gasteiger partial charge < -0.3 is 10.3 Å². The van der Waals surface area contributed by atoms with Gasteiger partial charge in [0.25, 0.3) is 0 Å². The van der Waals surface area contributed by atoms with E-state index in [4.69, 9.17) is 4.99 Å². The second-order valence-corrected chi connectivity index (χ2v) is 6.95. The number of nitrogens with one attached hydrogen (secondary N) is 2. The average molecular weight is 325 g/mol. The van der Waals surface area contributed by atoms with Crippen LogP contribution in [0.4, 0.5) is 0 Å². The molecule has 2 aliphatic rings. The number of H-pyrrole nitrogens is 1. The van der Waals surface area contributed by atoms with Crippen molar-refractivity contribution in [3.05, 3.63) is 47.1 Å². The van der Waals surface area contributed by atoms with Crippen LogP contribution in [0.1, 0.15) is 77.3 Å². The van der Waals surface area contributed by atoms with Crippen molar-refractivity contribution in [2.24, 2.45) is 4.99 Å². The van der Waals surface area contributed by atoms with E-state index in [1.807, 2.05) is 12.3 Å². The van der Waals surface area contributed by atoms with Crippen LogP contribution in [0.3, 0.4) is 0 Å². The molecule has 0 atom stereocenters. The number of hydrogen-bond donors (Lipinski definition) is 2. The molecule has 0 spiro atoms. The SMILES string of the molecule is CCC1=C(CC)/C(=C\NC2CCCCCCC2)N=C1c1ccc[nH]1. The summed E-state index contributed by atoms with van der Waals surface area (Å²) in [6.45, 7) is 4.47. The van der Waals surface area contributed by atoms with Crippen LogP contribution in [0.15, 0.2) is 46.4 Å². The van der Waals surface area contributed by atoms with E-state index in [9.17, 15) is 0 Å². The first-order valence-electron chi connectivity index (χ1n) is 9.75. The molecule has 0 aromatic carbocycles. The summed E-state index contributed by atoms with van der Waals surface area (Å²) in [5.74, 6) is 0. The highest BCUT2D eigenvalue weighted by Crippen LogP contribution is 2.32. The van der Waals surface area contributed by atoms with E-state index < -0.39 is 0 Å². The highest BCUT2D eigenvalue weighted by Gasteiger charge is 2.23. The molecular formula is C21H31N3. The number of nitrogens with zero attached hydrogens (tertiary/aromatic N) is 1. The van der Waals surface area contributed by atoms with Crippen molar-refractivity contribution in [2.75, 3.05) is 0 Å². The highest BCUT2D eigenvalue weighted by molar-refractivity contribution is 6.14. The molecule has 0 bridgehead atoms. The normalized spacial score (nSPS) is 21.8. The molecule has 2 heterocycles. The molecular weight excluding hydrogens is 294 g/mol. The Morgan fingerprint density at radius 3 is 2.42 bits per heavy atom. The largest absolute Gasteiger partial charge is 0.386 e. The van der Waals surface area contributed by atoms with Crippen molar-refractivity contribution in [1.29, 1.82) is 0 Å². The van der Waals surface area contributed by atoms with Crippen LogP contribution in [-0.2, 0) is 0 Å². The molecule has 3 rings (SSSR count). The zero-order valence-electron chi connectivity index (χ0n) is 15.2. The van der Waals surface area contributed by atoms with Gasteiger partial charge in [-0.1, -0.05) is 46.0 Å². The molecule has 3 nitrogen and oxygen atoms in total. The van der Waals surface area contributed by atoms with E-state index in [0.29, 0.717) is 6.04 Å². The minimum atomic E-state index is 0.616. The van der Waals surface area contributed by atoms with Crippen LogP contribution < -0.4 is 5.32 Å². The summed E-state index contributed by atoms with van der Waals surface area (Å²) in [6.07, 6.45) is 15.7. The molecule has 24 heavy (non-hydrogen) atoms. The third-order valence-corrected chi connectivity index (χ3v) is 5.31. The van der Waals surface area contributed by atoms with Gasteiger partial charge in [-0.3, -0.25) is 0 Å². The number of hydrogen-bond acceptors (Lipinski definition) is 2. The van der Waals surface area contributed by atoms with Gasteiger partial charge in [0.1, 0.15) is 0 Å². The standard InChI is InChI=1S/C21H31N3/c1-3-17-18(4-2)21(19-13-10-14-22-19)24-20(17)15-23-16-11-8-6-5-7-9-12-16/h10,13-16,22-23H,3-9,11-12H2,1-2H3/b20-15+. The molecule has 1 aromatic heterocycles. The van der Waals surface area contributed by atoms with Crippen LogP contribution in [0.2, 0.25) is 0 Å². The minimum absolute atomic E-state index is 0.616. The zero-order chi connectivity index (χ0) is 16.8. The predicted octanol–water partition coefficient (Wildman–Crippen LogP) is 5.48. The fourth-order valence-electron chi connectivity index (χ4n) is 3.97. The van der Waals surface area contributed by atoms with E-state index in [0.717, 1.165) is 29.9 Å². The van der Waals surface area contributed by atoms with Gasteiger partial charge in [0.05, 0.1) is 17.1 Å². The minimum Gasteiger partial charge on any atom is -0.386 e. The molecule has 0 radical (unpaired) electrons. The van der Waals surface area contributed by atoms with Crippen molar-refractivity contribution in [2.45, 2.75) is 77.7 Å². The van der Waals surface area contributed by atoms with Crippen molar-refractivity contribution in [3.63, 3.8) is 0 Å².